The van der Waals surface area contributed by atoms with Crippen LogP contribution in [-0.2, 0) is 4.79 Å². The minimum absolute atomic E-state index is 0.0940. The average molecular weight is 275 g/mol. The van der Waals surface area contributed by atoms with Gasteiger partial charge in [0.2, 0.25) is 5.91 Å². The summed E-state index contributed by atoms with van der Waals surface area (Å²) in [5, 5.41) is 23.8. The van der Waals surface area contributed by atoms with Crippen molar-refractivity contribution in [2.24, 2.45) is 0 Å². The molecule has 0 rings (SSSR count). The Balaban J connectivity index is 3.40. The van der Waals surface area contributed by atoms with E-state index in [0.717, 1.165) is 32.5 Å². The minimum atomic E-state index is 0.0940. The molecule has 114 valence electrons. The molecule has 0 heterocycles. The van der Waals surface area contributed by atoms with Gasteiger partial charge in [-0.1, -0.05) is 6.92 Å². The maximum Gasteiger partial charge on any atom is 0.221 e. The van der Waals surface area contributed by atoms with E-state index in [2.05, 4.69) is 10.6 Å². The first-order valence-electron chi connectivity index (χ1n) is 7.16. The van der Waals surface area contributed by atoms with Crippen LogP contribution in [0.2, 0.25) is 0 Å². The van der Waals surface area contributed by atoms with Gasteiger partial charge in [-0.05, 0) is 25.9 Å². The molecule has 4 N–H and O–H groups in total. The van der Waals surface area contributed by atoms with Crippen LogP contribution in [-0.4, -0.2) is 73.5 Å². The summed E-state index contributed by atoms with van der Waals surface area (Å²) in [5.74, 6) is 0.0940. The molecule has 0 aliphatic carbocycles. The highest BCUT2D eigenvalue weighted by molar-refractivity contribution is 5.75. The first-order valence-corrected chi connectivity index (χ1v) is 7.16. The SMILES string of the molecule is CCCNC(=O)CCNCCCN(CCO)CCO. The molecule has 6 nitrogen and oxygen atoms in total. The normalized spacial score (nSPS) is 10.9. The highest BCUT2D eigenvalue weighted by atomic mass is 16.3. The predicted molar refractivity (Wildman–Crippen MR) is 76.0 cm³/mol. The van der Waals surface area contributed by atoms with Gasteiger partial charge in [-0.3, -0.25) is 9.69 Å². The Kier molecular flexibility index (Phi) is 13.2. The van der Waals surface area contributed by atoms with E-state index in [1.165, 1.54) is 0 Å². The number of hydrogen-bond acceptors (Lipinski definition) is 5. The van der Waals surface area contributed by atoms with Crippen LogP contribution in [0.1, 0.15) is 26.2 Å². The predicted octanol–water partition coefficient (Wildman–Crippen LogP) is -0.831. The van der Waals surface area contributed by atoms with Crippen molar-refractivity contribution in [1.82, 2.24) is 15.5 Å². The van der Waals surface area contributed by atoms with Crippen LogP contribution >= 0.6 is 0 Å². The second-order valence-corrected chi connectivity index (χ2v) is 4.49. The molecule has 6 heteroatoms. The highest BCUT2D eigenvalue weighted by Gasteiger charge is 2.03. The molecule has 0 aromatic carbocycles. The first kappa shape index (κ1) is 18.3. The van der Waals surface area contributed by atoms with E-state index in [9.17, 15) is 4.79 Å². The fourth-order valence-electron chi connectivity index (χ4n) is 1.73. The summed E-state index contributed by atoms with van der Waals surface area (Å²) in [7, 11) is 0. The van der Waals surface area contributed by atoms with Crippen LogP contribution in [0.25, 0.3) is 0 Å². The van der Waals surface area contributed by atoms with Gasteiger partial charge in [-0.2, -0.15) is 0 Å². The van der Waals surface area contributed by atoms with Crippen molar-refractivity contribution in [3.05, 3.63) is 0 Å². The van der Waals surface area contributed by atoms with Crippen LogP contribution in [0.4, 0.5) is 0 Å². The second-order valence-electron chi connectivity index (χ2n) is 4.49. The van der Waals surface area contributed by atoms with Crippen LogP contribution < -0.4 is 10.6 Å². The first-order chi connectivity index (χ1) is 9.24. The van der Waals surface area contributed by atoms with Gasteiger partial charge in [0.15, 0.2) is 0 Å². The number of rotatable bonds is 13. The van der Waals surface area contributed by atoms with Crippen molar-refractivity contribution in [3.8, 4) is 0 Å². The van der Waals surface area contributed by atoms with Crippen LogP contribution in [0, 0.1) is 0 Å². The van der Waals surface area contributed by atoms with E-state index < -0.39 is 0 Å². The molecule has 0 aliphatic rings. The largest absolute Gasteiger partial charge is 0.395 e. The zero-order valence-electron chi connectivity index (χ0n) is 12.0. The number of aliphatic hydroxyl groups excluding tert-OH is 2. The zero-order valence-corrected chi connectivity index (χ0v) is 12.0. The lowest BCUT2D eigenvalue weighted by molar-refractivity contribution is -0.120. The number of aliphatic hydroxyl groups is 2. The van der Waals surface area contributed by atoms with Crippen molar-refractivity contribution in [3.63, 3.8) is 0 Å². The monoisotopic (exact) mass is 275 g/mol. The van der Waals surface area contributed by atoms with E-state index in [4.69, 9.17) is 10.2 Å². The second kappa shape index (κ2) is 13.7. The van der Waals surface area contributed by atoms with Crippen molar-refractivity contribution in [2.75, 3.05) is 52.5 Å². The van der Waals surface area contributed by atoms with E-state index in [1.807, 2.05) is 11.8 Å². The molecule has 19 heavy (non-hydrogen) atoms. The topological polar surface area (TPSA) is 84.8 Å². The number of carbonyl (C=O) groups excluding carboxylic acids is 1. The third-order valence-corrected chi connectivity index (χ3v) is 2.76. The van der Waals surface area contributed by atoms with Gasteiger partial charge in [0, 0.05) is 32.6 Å². The summed E-state index contributed by atoms with van der Waals surface area (Å²) in [6, 6.07) is 0. The summed E-state index contributed by atoms with van der Waals surface area (Å²) in [6.45, 7) is 6.58. The molecule has 0 bridgehead atoms. The number of hydrogen-bond donors (Lipinski definition) is 4. The summed E-state index contributed by atoms with van der Waals surface area (Å²) in [5.41, 5.74) is 0. The summed E-state index contributed by atoms with van der Waals surface area (Å²) in [4.78, 5) is 13.3. The Labute approximate surface area is 116 Å². The lowest BCUT2D eigenvalue weighted by Crippen LogP contribution is -2.33. The molecule has 0 unspecified atom stereocenters. The Bertz CT molecular complexity index is 209. The number of nitrogens with zero attached hydrogens (tertiary/aromatic N) is 1. The van der Waals surface area contributed by atoms with Crippen LogP contribution in [0.15, 0.2) is 0 Å². The Hall–Kier alpha value is -0.690. The van der Waals surface area contributed by atoms with Gasteiger partial charge in [-0.15, -0.1) is 0 Å². The fraction of sp³-hybridized carbons (Fsp3) is 0.923. The highest BCUT2D eigenvalue weighted by Crippen LogP contribution is 1.90. The van der Waals surface area contributed by atoms with Gasteiger partial charge in [0.25, 0.3) is 0 Å². The van der Waals surface area contributed by atoms with E-state index in [-0.39, 0.29) is 19.1 Å². The van der Waals surface area contributed by atoms with Crippen molar-refractivity contribution < 1.29 is 15.0 Å². The number of nitrogens with one attached hydrogen (secondary N) is 2. The molecule has 0 aromatic heterocycles. The van der Waals surface area contributed by atoms with Gasteiger partial charge in [0.05, 0.1) is 13.2 Å². The number of amides is 1. The molecular formula is C13H29N3O3. The maximum atomic E-state index is 11.3. The molecule has 0 atom stereocenters. The third-order valence-electron chi connectivity index (χ3n) is 2.76. The van der Waals surface area contributed by atoms with E-state index in [1.54, 1.807) is 0 Å². The zero-order chi connectivity index (χ0) is 14.3. The molecule has 0 spiro atoms. The molecule has 0 saturated carbocycles. The van der Waals surface area contributed by atoms with Gasteiger partial charge in [0.1, 0.15) is 0 Å². The summed E-state index contributed by atoms with van der Waals surface area (Å²) in [6.07, 6.45) is 2.41. The molecule has 0 saturated heterocycles. The molecule has 0 aromatic rings. The Morgan fingerprint density at radius 1 is 1.05 bits per heavy atom. The third kappa shape index (κ3) is 12.1. The van der Waals surface area contributed by atoms with E-state index in [0.29, 0.717) is 26.1 Å². The summed E-state index contributed by atoms with van der Waals surface area (Å²) >= 11 is 0. The van der Waals surface area contributed by atoms with Crippen LogP contribution in [0.3, 0.4) is 0 Å². The van der Waals surface area contributed by atoms with Gasteiger partial charge < -0.3 is 20.8 Å². The quantitative estimate of drug-likeness (QED) is 0.330. The molecule has 0 aliphatic heterocycles. The molecule has 0 fully saturated rings. The average Bonchev–Trinajstić information content (AvgIpc) is 2.40. The van der Waals surface area contributed by atoms with Gasteiger partial charge >= 0.3 is 0 Å². The Morgan fingerprint density at radius 3 is 2.32 bits per heavy atom. The standard InChI is InChI=1S/C13H29N3O3/c1-2-5-15-13(19)4-7-14-6-3-8-16(9-11-17)10-12-18/h14,17-18H,2-12H2,1H3,(H,15,19). The summed E-state index contributed by atoms with van der Waals surface area (Å²) < 4.78 is 0. The van der Waals surface area contributed by atoms with E-state index >= 15 is 0 Å². The smallest absolute Gasteiger partial charge is 0.221 e. The minimum Gasteiger partial charge on any atom is -0.395 e. The Morgan fingerprint density at radius 2 is 1.74 bits per heavy atom. The molecule has 0 radical (unpaired) electrons. The van der Waals surface area contributed by atoms with Crippen molar-refractivity contribution >= 4 is 5.91 Å². The number of carbonyl (C=O) groups is 1. The van der Waals surface area contributed by atoms with Crippen molar-refractivity contribution in [1.29, 1.82) is 0 Å². The maximum absolute atomic E-state index is 11.3. The lowest BCUT2D eigenvalue weighted by atomic mass is 10.3. The van der Waals surface area contributed by atoms with Gasteiger partial charge in [-0.25, -0.2) is 0 Å². The lowest BCUT2D eigenvalue weighted by Gasteiger charge is -2.19. The molecule has 1 amide bonds. The van der Waals surface area contributed by atoms with Crippen LogP contribution in [0.5, 0.6) is 0 Å². The fourth-order valence-corrected chi connectivity index (χ4v) is 1.73. The van der Waals surface area contributed by atoms with Crippen molar-refractivity contribution in [2.45, 2.75) is 26.2 Å². The molecular weight excluding hydrogens is 246 g/mol.